The largest absolute Gasteiger partial charge is 0.507 e. The van der Waals surface area contributed by atoms with Crippen LogP contribution in [-0.4, -0.2) is 35.1 Å². The number of ether oxygens (including phenoxy) is 2. The minimum absolute atomic E-state index is 0.0268. The van der Waals surface area contributed by atoms with Crippen LogP contribution in [0.4, 0.5) is 0 Å². The number of aromatic amines is 1. The van der Waals surface area contributed by atoms with Crippen molar-refractivity contribution in [3.05, 3.63) is 59.3 Å². The molecule has 0 spiro atoms. The number of ketones is 1. The number of phenolic OH excluding ortho intramolecular Hbond substituents is 1. The van der Waals surface area contributed by atoms with E-state index in [2.05, 4.69) is 4.98 Å². The van der Waals surface area contributed by atoms with E-state index in [0.717, 1.165) is 10.9 Å². The van der Waals surface area contributed by atoms with E-state index in [1.54, 1.807) is 6.92 Å². The summed E-state index contributed by atoms with van der Waals surface area (Å²) in [5.74, 6) is -0.931. The van der Waals surface area contributed by atoms with Gasteiger partial charge < -0.3 is 19.6 Å². The summed E-state index contributed by atoms with van der Waals surface area (Å²) >= 11 is 0. The maximum Gasteiger partial charge on any atom is 0.342 e. The second-order valence-electron chi connectivity index (χ2n) is 5.97. The van der Waals surface area contributed by atoms with Gasteiger partial charge in [-0.2, -0.15) is 0 Å². The van der Waals surface area contributed by atoms with Crippen LogP contribution in [0.15, 0.2) is 42.5 Å². The maximum absolute atomic E-state index is 12.8. The van der Waals surface area contributed by atoms with E-state index < -0.39 is 12.1 Å². The summed E-state index contributed by atoms with van der Waals surface area (Å²) in [7, 11) is 1.46. The van der Waals surface area contributed by atoms with Crippen molar-refractivity contribution in [1.29, 1.82) is 0 Å². The Morgan fingerprint density at radius 3 is 2.58 bits per heavy atom. The fourth-order valence-corrected chi connectivity index (χ4v) is 2.89. The topological polar surface area (TPSA) is 88.6 Å². The molecule has 0 aliphatic rings. The Labute approximate surface area is 150 Å². The van der Waals surface area contributed by atoms with Gasteiger partial charge in [-0.25, -0.2) is 4.79 Å². The Bertz CT molecular complexity index is 989. The zero-order valence-electron chi connectivity index (χ0n) is 14.7. The zero-order valence-corrected chi connectivity index (χ0v) is 14.7. The molecule has 0 aliphatic heterocycles. The highest BCUT2D eigenvalue weighted by Gasteiger charge is 2.25. The fourth-order valence-electron chi connectivity index (χ4n) is 2.89. The van der Waals surface area contributed by atoms with E-state index >= 15 is 0 Å². The number of carbonyl (C=O) groups is 2. The van der Waals surface area contributed by atoms with Crippen LogP contribution in [0.5, 0.6) is 11.5 Å². The van der Waals surface area contributed by atoms with Gasteiger partial charge in [0.2, 0.25) is 5.78 Å². The summed E-state index contributed by atoms with van der Waals surface area (Å²) in [5, 5.41) is 10.7. The first-order chi connectivity index (χ1) is 12.4. The molecule has 0 saturated carbocycles. The van der Waals surface area contributed by atoms with Crippen LogP contribution >= 0.6 is 0 Å². The number of H-pyrrole nitrogens is 1. The Kier molecular flexibility index (Phi) is 4.67. The molecule has 6 heteroatoms. The summed E-state index contributed by atoms with van der Waals surface area (Å²) in [4.78, 5) is 28.3. The molecule has 0 bridgehead atoms. The predicted molar refractivity (Wildman–Crippen MR) is 96.9 cm³/mol. The molecule has 0 fully saturated rings. The number of fused-ring (bicyclic) bond motifs is 1. The first-order valence-corrected chi connectivity index (χ1v) is 8.12. The van der Waals surface area contributed by atoms with E-state index in [1.165, 1.54) is 32.2 Å². The third-order valence-corrected chi connectivity index (χ3v) is 4.22. The average Bonchev–Trinajstić information content (AvgIpc) is 2.96. The molecule has 0 amide bonds. The van der Waals surface area contributed by atoms with Crippen molar-refractivity contribution in [2.45, 2.75) is 20.0 Å². The highest BCUT2D eigenvalue weighted by Crippen LogP contribution is 2.26. The number of benzene rings is 2. The maximum atomic E-state index is 12.8. The smallest absolute Gasteiger partial charge is 0.342 e. The minimum Gasteiger partial charge on any atom is -0.507 e. The average molecular weight is 353 g/mol. The molecule has 3 aromatic rings. The molecule has 0 saturated heterocycles. The molecular formula is C20H19NO5. The second kappa shape index (κ2) is 6.92. The van der Waals surface area contributed by atoms with E-state index in [-0.39, 0.29) is 17.1 Å². The van der Waals surface area contributed by atoms with Crippen molar-refractivity contribution in [3.8, 4) is 11.5 Å². The number of methoxy groups -OCH3 is 1. The normalized spacial score (nSPS) is 12.0. The van der Waals surface area contributed by atoms with E-state index in [1.807, 2.05) is 24.3 Å². The van der Waals surface area contributed by atoms with Gasteiger partial charge in [-0.05, 0) is 32.0 Å². The van der Waals surface area contributed by atoms with Crippen molar-refractivity contribution in [2.75, 3.05) is 7.11 Å². The van der Waals surface area contributed by atoms with Crippen LogP contribution in [0.2, 0.25) is 0 Å². The van der Waals surface area contributed by atoms with Crippen LogP contribution in [0.3, 0.4) is 0 Å². The van der Waals surface area contributed by atoms with Gasteiger partial charge in [-0.1, -0.05) is 18.2 Å². The van der Waals surface area contributed by atoms with Gasteiger partial charge in [0, 0.05) is 28.2 Å². The Hall–Kier alpha value is -3.28. The van der Waals surface area contributed by atoms with Gasteiger partial charge in [0.25, 0.3) is 0 Å². The van der Waals surface area contributed by atoms with Crippen molar-refractivity contribution in [3.63, 3.8) is 0 Å². The van der Waals surface area contributed by atoms with Crippen molar-refractivity contribution >= 4 is 22.7 Å². The Morgan fingerprint density at radius 2 is 1.88 bits per heavy atom. The molecule has 0 aliphatic carbocycles. The van der Waals surface area contributed by atoms with Gasteiger partial charge in [-0.15, -0.1) is 0 Å². The standard InChI is InChI=1S/C20H19NO5/c1-11-18(14-6-4-5-7-16(14)21-11)19(23)12(2)26-20(24)15-9-8-13(25-3)10-17(15)22/h4-10,12,21-22H,1-3H3/t12-/m1/s1. The van der Waals surface area contributed by atoms with Crippen molar-refractivity contribution in [1.82, 2.24) is 4.98 Å². The summed E-state index contributed by atoms with van der Waals surface area (Å²) in [6.07, 6.45) is -0.998. The lowest BCUT2D eigenvalue weighted by molar-refractivity contribution is 0.0316. The fraction of sp³-hybridized carbons (Fsp3) is 0.200. The lowest BCUT2D eigenvalue weighted by Crippen LogP contribution is -2.25. The number of rotatable bonds is 5. The van der Waals surface area contributed by atoms with Crippen LogP contribution in [0, 0.1) is 6.92 Å². The number of carbonyl (C=O) groups excluding carboxylic acids is 2. The van der Waals surface area contributed by atoms with Crippen LogP contribution < -0.4 is 4.74 Å². The third-order valence-electron chi connectivity index (χ3n) is 4.22. The number of Topliss-reactive ketones (excluding diaryl/α,β-unsaturated/α-hetero) is 1. The number of esters is 1. The van der Waals surface area contributed by atoms with Gasteiger partial charge in [-0.3, -0.25) is 4.79 Å². The highest BCUT2D eigenvalue weighted by atomic mass is 16.5. The third kappa shape index (κ3) is 3.13. The molecule has 6 nitrogen and oxygen atoms in total. The molecule has 3 rings (SSSR count). The first kappa shape index (κ1) is 17.5. The number of hydrogen-bond donors (Lipinski definition) is 2. The number of aromatic hydroxyl groups is 1. The molecule has 1 atom stereocenters. The number of hydrogen-bond acceptors (Lipinski definition) is 5. The quantitative estimate of drug-likeness (QED) is 0.540. The summed E-state index contributed by atoms with van der Waals surface area (Å²) in [5.41, 5.74) is 2.03. The number of aryl methyl sites for hydroxylation is 1. The molecule has 1 heterocycles. The lowest BCUT2D eigenvalue weighted by Gasteiger charge is -2.13. The molecule has 2 aromatic carbocycles. The van der Waals surface area contributed by atoms with Gasteiger partial charge >= 0.3 is 5.97 Å². The minimum atomic E-state index is -0.998. The molecule has 0 radical (unpaired) electrons. The van der Waals surface area contributed by atoms with Gasteiger partial charge in [0.05, 0.1) is 7.11 Å². The monoisotopic (exact) mass is 353 g/mol. The molecule has 2 N–H and O–H groups in total. The van der Waals surface area contributed by atoms with E-state index in [0.29, 0.717) is 17.0 Å². The predicted octanol–water partition coefficient (Wildman–Crippen LogP) is 3.62. The lowest BCUT2D eigenvalue weighted by atomic mass is 10.0. The zero-order chi connectivity index (χ0) is 18.8. The van der Waals surface area contributed by atoms with Crippen LogP contribution in [-0.2, 0) is 4.74 Å². The highest BCUT2D eigenvalue weighted by molar-refractivity contribution is 6.11. The summed E-state index contributed by atoms with van der Waals surface area (Å²) < 4.78 is 10.3. The summed E-state index contributed by atoms with van der Waals surface area (Å²) in [6.45, 7) is 3.32. The van der Waals surface area contributed by atoms with Crippen LogP contribution in [0.1, 0.15) is 33.3 Å². The van der Waals surface area contributed by atoms with Crippen LogP contribution in [0.25, 0.3) is 10.9 Å². The molecule has 1 aromatic heterocycles. The molecule has 134 valence electrons. The number of phenols is 1. The number of nitrogens with one attached hydrogen (secondary N) is 1. The molecule has 26 heavy (non-hydrogen) atoms. The van der Waals surface area contributed by atoms with Crippen molar-refractivity contribution < 1.29 is 24.2 Å². The number of para-hydroxylation sites is 1. The van der Waals surface area contributed by atoms with Crippen molar-refractivity contribution in [2.24, 2.45) is 0 Å². The van der Waals surface area contributed by atoms with E-state index in [9.17, 15) is 14.7 Å². The summed E-state index contributed by atoms with van der Waals surface area (Å²) in [6, 6.07) is 11.7. The molecular weight excluding hydrogens is 334 g/mol. The van der Waals surface area contributed by atoms with Gasteiger partial charge in [0.1, 0.15) is 17.1 Å². The SMILES string of the molecule is COc1ccc(C(=O)O[C@H](C)C(=O)c2c(C)[nH]c3ccccc23)c(O)c1. The first-order valence-electron chi connectivity index (χ1n) is 8.12. The van der Waals surface area contributed by atoms with E-state index in [4.69, 9.17) is 9.47 Å². The Morgan fingerprint density at radius 1 is 1.15 bits per heavy atom. The second-order valence-corrected chi connectivity index (χ2v) is 5.97. The van der Waals surface area contributed by atoms with Gasteiger partial charge in [0.15, 0.2) is 6.10 Å². The number of aromatic nitrogens is 1. The molecule has 0 unspecified atom stereocenters. The Balaban J connectivity index is 1.83.